The molecule has 3 aromatic rings. The van der Waals surface area contributed by atoms with Crippen LogP contribution in [0.3, 0.4) is 0 Å². The first-order valence-corrected chi connectivity index (χ1v) is 5.41. The van der Waals surface area contributed by atoms with Gasteiger partial charge in [0.2, 0.25) is 0 Å². The predicted octanol–water partition coefficient (Wildman–Crippen LogP) is 1.95. The molecule has 0 amide bonds. The zero-order valence-corrected chi connectivity index (χ0v) is 9.66. The number of hydrogen-bond acceptors (Lipinski definition) is 4. The average molecular weight is 276 g/mol. The van der Waals surface area contributed by atoms with Crippen molar-refractivity contribution < 1.29 is 0 Å². The highest BCUT2D eigenvalue weighted by molar-refractivity contribution is 9.10. The fourth-order valence-electron chi connectivity index (χ4n) is 1.46. The maximum atomic E-state index is 4.34. The largest absolute Gasteiger partial charge is 0.278 e. The van der Waals surface area contributed by atoms with Crippen LogP contribution in [0.1, 0.15) is 0 Å². The molecule has 3 rings (SSSR count). The monoisotopic (exact) mass is 275 g/mol. The maximum Gasteiger partial charge on any atom is 0.187 e. The van der Waals surface area contributed by atoms with Gasteiger partial charge in [-0.1, -0.05) is 6.07 Å². The lowest BCUT2D eigenvalue weighted by Crippen LogP contribution is -1.92. The first-order chi connectivity index (χ1) is 7.84. The van der Waals surface area contributed by atoms with Gasteiger partial charge in [0.15, 0.2) is 11.5 Å². The number of nitrogens with zero attached hydrogens (tertiary/aromatic N) is 5. The molecule has 0 aromatic carbocycles. The van der Waals surface area contributed by atoms with Crippen LogP contribution in [0.5, 0.6) is 0 Å². The molecule has 16 heavy (non-hydrogen) atoms. The van der Waals surface area contributed by atoms with Crippen LogP contribution in [0.4, 0.5) is 0 Å². The predicted molar refractivity (Wildman–Crippen MR) is 61.7 cm³/mol. The van der Waals surface area contributed by atoms with E-state index in [1.165, 1.54) is 0 Å². The van der Waals surface area contributed by atoms with Crippen LogP contribution < -0.4 is 0 Å². The zero-order valence-electron chi connectivity index (χ0n) is 8.08. The molecule has 0 fully saturated rings. The minimum absolute atomic E-state index is 0.707. The summed E-state index contributed by atoms with van der Waals surface area (Å²) in [5, 5.41) is 8.12. The van der Waals surface area contributed by atoms with Gasteiger partial charge in [-0.25, -0.2) is 4.98 Å². The van der Waals surface area contributed by atoms with E-state index in [1.54, 1.807) is 12.4 Å². The molecule has 3 heterocycles. The van der Waals surface area contributed by atoms with Crippen LogP contribution in [0.2, 0.25) is 0 Å². The summed E-state index contributed by atoms with van der Waals surface area (Å²) < 4.78 is 2.62. The highest BCUT2D eigenvalue weighted by Gasteiger charge is 2.08. The van der Waals surface area contributed by atoms with Crippen molar-refractivity contribution in [1.29, 1.82) is 0 Å². The third kappa shape index (κ3) is 1.47. The Morgan fingerprint density at radius 2 is 2.12 bits per heavy atom. The lowest BCUT2D eigenvalue weighted by Gasteiger charge is -1.98. The molecular weight excluding hydrogens is 270 g/mol. The van der Waals surface area contributed by atoms with Gasteiger partial charge in [0, 0.05) is 12.4 Å². The van der Waals surface area contributed by atoms with Gasteiger partial charge in [0.25, 0.3) is 0 Å². The molecule has 0 aliphatic rings. The molecule has 0 unspecified atom stereocenters. The zero-order chi connectivity index (χ0) is 11.0. The van der Waals surface area contributed by atoms with Crippen molar-refractivity contribution in [1.82, 2.24) is 24.6 Å². The van der Waals surface area contributed by atoms with Crippen LogP contribution >= 0.6 is 15.9 Å². The lowest BCUT2D eigenvalue weighted by atomic mass is 10.3. The number of fused-ring (bicyclic) bond motifs is 1. The molecule has 0 radical (unpaired) electrons. The second-order valence-corrected chi connectivity index (χ2v) is 3.99. The van der Waals surface area contributed by atoms with E-state index in [4.69, 9.17) is 0 Å². The number of rotatable bonds is 1. The first-order valence-electron chi connectivity index (χ1n) is 4.62. The van der Waals surface area contributed by atoms with E-state index < -0.39 is 0 Å². The first kappa shape index (κ1) is 9.41. The van der Waals surface area contributed by atoms with Crippen LogP contribution in [0.15, 0.2) is 41.4 Å². The third-order valence-electron chi connectivity index (χ3n) is 2.16. The van der Waals surface area contributed by atoms with Crippen molar-refractivity contribution in [3.05, 3.63) is 41.4 Å². The Hall–Kier alpha value is -1.82. The average Bonchev–Trinajstić information content (AvgIpc) is 2.72. The van der Waals surface area contributed by atoms with Crippen molar-refractivity contribution in [2.24, 2.45) is 0 Å². The fourth-order valence-corrected chi connectivity index (χ4v) is 1.80. The molecule has 0 spiro atoms. The summed E-state index contributed by atoms with van der Waals surface area (Å²) in [6.45, 7) is 0. The second-order valence-electron chi connectivity index (χ2n) is 3.17. The second kappa shape index (κ2) is 3.64. The number of pyridine rings is 1. The SMILES string of the molecule is Brc1cccc(-c2nnc3cnccn23)n1. The highest BCUT2D eigenvalue weighted by atomic mass is 79.9. The Morgan fingerprint density at radius 1 is 1.19 bits per heavy atom. The van der Waals surface area contributed by atoms with E-state index in [2.05, 4.69) is 36.1 Å². The lowest BCUT2D eigenvalue weighted by molar-refractivity contribution is 1.08. The van der Waals surface area contributed by atoms with Gasteiger partial charge in [-0.2, -0.15) is 0 Å². The molecule has 0 atom stereocenters. The van der Waals surface area contributed by atoms with E-state index in [0.717, 1.165) is 10.3 Å². The molecule has 0 aliphatic carbocycles. The third-order valence-corrected chi connectivity index (χ3v) is 2.60. The molecule has 0 aliphatic heterocycles. The number of halogens is 1. The van der Waals surface area contributed by atoms with Gasteiger partial charge in [-0.3, -0.25) is 9.38 Å². The molecule has 0 saturated heterocycles. The summed E-state index contributed by atoms with van der Waals surface area (Å²) in [7, 11) is 0. The van der Waals surface area contributed by atoms with E-state index in [-0.39, 0.29) is 0 Å². The van der Waals surface area contributed by atoms with Gasteiger partial charge in [-0.15, -0.1) is 10.2 Å². The van der Waals surface area contributed by atoms with Crippen LogP contribution in [0, 0.1) is 0 Å². The van der Waals surface area contributed by atoms with Gasteiger partial charge in [0.1, 0.15) is 10.3 Å². The van der Waals surface area contributed by atoms with E-state index in [9.17, 15) is 0 Å². The minimum atomic E-state index is 0.707. The van der Waals surface area contributed by atoms with Crippen molar-refractivity contribution in [3.8, 4) is 11.5 Å². The van der Waals surface area contributed by atoms with Crippen LogP contribution in [0.25, 0.3) is 17.2 Å². The Balaban J connectivity index is 2.26. The van der Waals surface area contributed by atoms with Crippen molar-refractivity contribution in [2.45, 2.75) is 0 Å². The molecule has 5 nitrogen and oxygen atoms in total. The summed E-state index contributed by atoms with van der Waals surface area (Å²) in [5.41, 5.74) is 1.48. The summed E-state index contributed by atoms with van der Waals surface area (Å²) in [6, 6.07) is 5.67. The van der Waals surface area contributed by atoms with Gasteiger partial charge >= 0.3 is 0 Å². The molecule has 3 aromatic heterocycles. The van der Waals surface area contributed by atoms with Crippen molar-refractivity contribution in [2.75, 3.05) is 0 Å². The normalized spacial score (nSPS) is 10.8. The Labute approximate surface area is 99.3 Å². The summed E-state index contributed by atoms with van der Waals surface area (Å²) in [5.74, 6) is 0.707. The number of hydrogen-bond donors (Lipinski definition) is 0. The molecule has 6 heteroatoms. The van der Waals surface area contributed by atoms with E-state index in [0.29, 0.717) is 11.5 Å². The summed E-state index contributed by atoms with van der Waals surface area (Å²) in [6.07, 6.45) is 5.17. The van der Waals surface area contributed by atoms with Crippen molar-refractivity contribution >= 4 is 21.6 Å². The van der Waals surface area contributed by atoms with Gasteiger partial charge in [-0.05, 0) is 28.1 Å². The summed E-state index contributed by atoms with van der Waals surface area (Å²) >= 11 is 3.33. The molecular formula is C10H6BrN5. The van der Waals surface area contributed by atoms with Crippen molar-refractivity contribution in [3.63, 3.8) is 0 Å². The standard InChI is InChI=1S/C10H6BrN5/c11-8-3-1-2-7(13-8)10-15-14-9-6-12-4-5-16(9)10/h1-6H. The van der Waals surface area contributed by atoms with E-state index in [1.807, 2.05) is 28.8 Å². The fraction of sp³-hybridized carbons (Fsp3) is 0. The topological polar surface area (TPSA) is 56.0 Å². The van der Waals surface area contributed by atoms with Gasteiger partial charge in [0.05, 0.1) is 6.20 Å². The molecule has 0 saturated carbocycles. The molecule has 0 N–H and O–H groups in total. The maximum absolute atomic E-state index is 4.34. The van der Waals surface area contributed by atoms with Crippen LogP contribution in [-0.2, 0) is 0 Å². The number of aromatic nitrogens is 5. The molecule has 0 bridgehead atoms. The minimum Gasteiger partial charge on any atom is -0.278 e. The smallest absolute Gasteiger partial charge is 0.187 e. The van der Waals surface area contributed by atoms with Crippen LogP contribution in [-0.4, -0.2) is 24.6 Å². The van der Waals surface area contributed by atoms with E-state index >= 15 is 0 Å². The molecule has 78 valence electrons. The Kier molecular flexibility index (Phi) is 2.14. The quantitative estimate of drug-likeness (QED) is 0.637. The Bertz CT molecular complexity index is 648. The van der Waals surface area contributed by atoms with Gasteiger partial charge < -0.3 is 0 Å². The summed E-state index contributed by atoms with van der Waals surface area (Å²) in [4.78, 5) is 8.32. The Morgan fingerprint density at radius 3 is 3.00 bits per heavy atom. The highest BCUT2D eigenvalue weighted by Crippen LogP contribution is 2.17.